The van der Waals surface area contributed by atoms with Crippen molar-refractivity contribution in [2.75, 3.05) is 0 Å². The summed E-state index contributed by atoms with van der Waals surface area (Å²) in [5.41, 5.74) is 0.474. The fourth-order valence-electron chi connectivity index (χ4n) is 2.15. The average Bonchev–Trinajstić information content (AvgIpc) is 2.65. The molecule has 1 heterocycles. The molecule has 1 amide bonds. The minimum atomic E-state index is -0.0776. The molecule has 1 fully saturated rings. The van der Waals surface area contributed by atoms with Gasteiger partial charge in [-0.1, -0.05) is 13.3 Å². The molecule has 0 radical (unpaired) electrons. The van der Waals surface area contributed by atoms with Gasteiger partial charge in [-0.25, -0.2) is 4.98 Å². The molecule has 0 aliphatic heterocycles. The zero-order valence-electron chi connectivity index (χ0n) is 9.24. The Morgan fingerprint density at radius 1 is 1.56 bits per heavy atom. The summed E-state index contributed by atoms with van der Waals surface area (Å²) in [6.07, 6.45) is 5.12. The molecular formula is C12H15BrN2O. The maximum atomic E-state index is 12.0. The molecular weight excluding hydrogens is 268 g/mol. The summed E-state index contributed by atoms with van der Waals surface area (Å²) in [4.78, 5) is 16.0. The van der Waals surface area contributed by atoms with Gasteiger partial charge in [0.2, 0.25) is 0 Å². The second-order valence-electron chi connectivity index (χ2n) is 4.32. The number of hydrogen-bond acceptors (Lipinski definition) is 2. The topological polar surface area (TPSA) is 42.0 Å². The summed E-state index contributed by atoms with van der Waals surface area (Å²) < 4.78 is 0.748. The van der Waals surface area contributed by atoms with E-state index in [4.69, 9.17) is 0 Å². The number of nitrogens with zero attached hydrogens (tertiary/aromatic N) is 1. The van der Waals surface area contributed by atoms with Crippen molar-refractivity contribution in [2.24, 2.45) is 5.92 Å². The van der Waals surface area contributed by atoms with E-state index < -0.39 is 0 Å². The van der Waals surface area contributed by atoms with Gasteiger partial charge < -0.3 is 5.32 Å². The number of amides is 1. The van der Waals surface area contributed by atoms with Crippen LogP contribution < -0.4 is 5.32 Å². The molecule has 1 aliphatic carbocycles. The summed E-state index contributed by atoms with van der Waals surface area (Å²) in [6.45, 7) is 2.19. The lowest BCUT2D eigenvalue weighted by atomic mass is 10.1. The molecule has 2 rings (SSSR count). The van der Waals surface area contributed by atoms with Crippen LogP contribution in [0.5, 0.6) is 0 Å². The standard InChI is InChI=1S/C12H15BrN2O/c1-8-4-2-6-10(8)15-12(16)11-9(13)5-3-7-14-11/h3,5,7-8,10H,2,4,6H2,1H3,(H,15,16). The van der Waals surface area contributed by atoms with Crippen molar-refractivity contribution in [3.8, 4) is 0 Å². The van der Waals surface area contributed by atoms with Gasteiger partial charge in [0.15, 0.2) is 0 Å². The molecule has 1 aromatic rings. The maximum absolute atomic E-state index is 12.0. The first-order chi connectivity index (χ1) is 7.68. The molecule has 1 aromatic heterocycles. The molecule has 1 saturated carbocycles. The number of carbonyl (C=O) groups excluding carboxylic acids is 1. The fraction of sp³-hybridized carbons (Fsp3) is 0.500. The van der Waals surface area contributed by atoms with Crippen LogP contribution in [0.2, 0.25) is 0 Å². The lowest BCUT2D eigenvalue weighted by Crippen LogP contribution is -2.37. The number of halogens is 1. The van der Waals surface area contributed by atoms with Crippen molar-refractivity contribution >= 4 is 21.8 Å². The lowest BCUT2D eigenvalue weighted by molar-refractivity contribution is 0.0923. The molecule has 1 N–H and O–H groups in total. The second kappa shape index (κ2) is 4.95. The van der Waals surface area contributed by atoms with Gasteiger partial charge in [0.25, 0.3) is 5.91 Å². The first-order valence-electron chi connectivity index (χ1n) is 5.60. The van der Waals surface area contributed by atoms with E-state index >= 15 is 0 Å². The summed E-state index contributed by atoms with van der Waals surface area (Å²) in [7, 11) is 0. The van der Waals surface area contributed by atoms with Crippen LogP contribution >= 0.6 is 15.9 Å². The van der Waals surface area contributed by atoms with Crippen LogP contribution in [0.15, 0.2) is 22.8 Å². The van der Waals surface area contributed by atoms with Gasteiger partial charge in [-0.3, -0.25) is 4.79 Å². The zero-order chi connectivity index (χ0) is 11.5. The molecule has 2 atom stereocenters. The molecule has 0 spiro atoms. The predicted molar refractivity (Wildman–Crippen MR) is 66.2 cm³/mol. The van der Waals surface area contributed by atoms with Gasteiger partial charge in [-0.15, -0.1) is 0 Å². The Balaban J connectivity index is 2.06. The van der Waals surface area contributed by atoms with E-state index in [-0.39, 0.29) is 5.91 Å². The quantitative estimate of drug-likeness (QED) is 0.906. The van der Waals surface area contributed by atoms with Gasteiger partial charge in [-0.05, 0) is 46.8 Å². The monoisotopic (exact) mass is 282 g/mol. The number of hydrogen-bond donors (Lipinski definition) is 1. The molecule has 2 unspecified atom stereocenters. The summed E-state index contributed by atoms with van der Waals surface area (Å²) in [5, 5.41) is 3.05. The summed E-state index contributed by atoms with van der Waals surface area (Å²) in [6, 6.07) is 3.94. The minimum Gasteiger partial charge on any atom is -0.348 e. The third-order valence-electron chi connectivity index (χ3n) is 3.15. The third-order valence-corrected chi connectivity index (χ3v) is 3.79. The molecule has 3 nitrogen and oxygen atoms in total. The van der Waals surface area contributed by atoms with Crippen LogP contribution in [0.1, 0.15) is 36.7 Å². The Morgan fingerprint density at radius 2 is 2.38 bits per heavy atom. The predicted octanol–water partition coefficient (Wildman–Crippen LogP) is 2.76. The Hall–Kier alpha value is -0.900. The fourth-order valence-corrected chi connectivity index (χ4v) is 2.58. The highest BCUT2D eigenvalue weighted by Crippen LogP contribution is 2.25. The van der Waals surface area contributed by atoms with Crippen LogP contribution in [0.3, 0.4) is 0 Å². The van der Waals surface area contributed by atoms with Gasteiger partial charge in [0.05, 0.1) is 0 Å². The van der Waals surface area contributed by atoms with E-state index in [1.54, 1.807) is 12.3 Å². The third kappa shape index (κ3) is 2.43. The van der Waals surface area contributed by atoms with Gasteiger partial charge >= 0.3 is 0 Å². The van der Waals surface area contributed by atoms with E-state index in [0.29, 0.717) is 17.7 Å². The van der Waals surface area contributed by atoms with E-state index in [0.717, 1.165) is 10.9 Å². The molecule has 16 heavy (non-hydrogen) atoms. The van der Waals surface area contributed by atoms with Crippen molar-refractivity contribution in [2.45, 2.75) is 32.2 Å². The summed E-state index contributed by atoms with van der Waals surface area (Å²) in [5.74, 6) is 0.498. The average molecular weight is 283 g/mol. The zero-order valence-corrected chi connectivity index (χ0v) is 10.8. The van der Waals surface area contributed by atoms with Crippen LogP contribution in [0.25, 0.3) is 0 Å². The van der Waals surface area contributed by atoms with Gasteiger partial charge in [0.1, 0.15) is 5.69 Å². The number of carbonyl (C=O) groups is 1. The Morgan fingerprint density at radius 3 is 3.00 bits per heavy atom. The number of nitrogens with one attached hydrogen (secondary N) is 1. The Bertz CT molecular complexity index is 394. The Kier molecular flexibility index (Phi) is 3.59. The van der Waals surface area contributed by atoms with Crippen LogP contribution in [0.4, 0.5) is 0 Å². The van der Waals surface area contributed by atoms with Crippen LogP contribution in [-0.4, -0.2) is 16.9 Å². The largest absolute Gasteiger partial charge is 0.348 e. The molecule has 4 heteroatoms. The molecule has 0 saturated heterocycles. The van der Waals surface area contributed by atoms with E-state index in [1.165, 1.54) is 12.8 Å². The highest BCUT2D eigenvalue weighted by atomic mass is 79.9. The van der Waals surface area contributed by atoms with Gasteiger partial charge in [0, 0.05) is 16.7 Å². The highest BCUT2D eigenvalue weighted by molar-refractivity contribution is 9.10. The first kappa shape index (κ1) is 11.6. The normalized spacial score (nSPS) is 24.4. The van der Waals surface area contributed by atoms with E-state index in [9.17, 15) is 4.79 Å². The summed E-state index contributed by atoms with van der Waals surface area (Å²) >= 11 is 3.34. The minimum absolute atomic E-state index is 0.0776. The van der Waals surface area contributed by atoms with Gasteiger partial charge in [-0.2, -0.15) is 0 Å². The smallest absolute Gasteiger partial charge is 0.271 e. The molecule has 1 aliphatic rings. The molecule has 0 bridgehead atoms. The Labute approximate surface area is 104 Å². The highest BCUT2D eigenvalue weighted by Gasteiger charge is 2.25. The number of rotatable bonds is 2. The second-order valence-corrected chi connectivity index (χ2v) is 5.18. The SMILES string of the molecule is CC1CCCC1NC(=O)c1ncccc1Br. The van der Waals surface area contributed by atoms with Crippen LogP contribution in [-0.2, 0) is 0 Å². The van der Waals surface area contributed by atoms with Crippen LogP contribution in [0, 0.1) is 5.92 Å². The number of pyridine rings is 1. The van der Waals surface area contributed by atoms with E-state index in [2.05, 4.69) is 33.2 Å². The van der Waals surface area contributed by atoms with Crippen molar-refractivity contribution in [1.82, 2.24) is 10.3 Å². The van der Waals surface area contributed by atoms with Crippen molar-refractivity contribution in [1.29, 1.82) is 0 Å². The van der Waals surface area contributed by atoms with Crippen molar-refractivity contribution in [3.63, 3.8) is 0 Å². The maximum Gasteiger partial charge on any atom is 0.271 e. The lowest BCUT2D eigenvalue weighted by Gasteiger charge is -2.17. The first-order valence-corrected chi connectivity index (χ1v) is 6.39. The van der Waals surface area contributed by atoms with Crippen molar-refractivity contribution in [3.05, 3.63) is 28.5 Å². The molecule has 0 aromatic carbocycles. The van der Waals surface area contributed by atoms with Crippen molar-refractivity contribution < 1.29 is 4.79 Å². The van der Waals surface area contributed by atoms with E-state index in [1.807, 2.05) is 6.07 Å². The number of aromatic nitrogens is 1. The molecule has 86 valence electrons.